The standard InChI is InChI=1S/C12H13N3O3S/c1-2-7(11(17)18)14-10(16)6-3-4-8-9(5-6)19-12(13)15-8/h3-5,7H,2H2,1H3,(H2,13,15)(H,14,16)(H,17,18)/t7-/m1/s1. The summed E-state index contributed by atoms with van der Waals surface area (Å²) in [6.45, 7) is 1.70. The number of nitrogens with one attached hydrogen (secondary N) is 1. The number of benzene rings is 1. The Hall–Kier alpha value is -2.15. The van der Waals surface area contributed by atoms with Crippen molar-refractivity contribution in [2.45, 2.75) is 19.4 Å². The van der Waals surface area contributed by atoms with Crippen molar-refractivity contribution in [2.24, 2.45) is 0 Å². The van der Waals surface area contributed by atoms with Crippen molar-refractivity contribution < 1.29 is 14.7 Å². The maximum absolute atomic E-state index is 11.9. The van der Waals surface area contributed by atoms with Crippen LogP contribution in [0, 0.1) is 0 Å². The molecule has 100 valence electrons. The van der Waals surface area contributed by atoms with Crippen LogP contribution < -0.4 is 11.1 Å². The van der Waals surface area contributed by atoms with Gasteiger partial charge < -0.3 is 16.2 Å². The Morgan fingerprint density at radius 3 is 2.89 bits per heavy atom. The quantitative estimate of drug-likeness (QED) is 0.786. The van der Waals surface area contributed by atoms with Crippen LogP contribution in [-0.4, -0.2) is 28.0 Å². The number of aliphatic carboxylic acids is 1. The minimum absolute atomic E-state index is 0.330. The summed E-state index contributed by atoms with van der Waals surface area (Å²) in [7, 11) is 0. The van der Waals surface area contributed by atoms with E-state index in [1.165, 1.54) is 11.3 Å². The number of carbonyl (C=O) groups is 2. The molecule has 0 aliphatic carbocycles. The molecule has 4 N–H and O–H groups in total. The summed E-state index contributed by atoms with van der Waals surface area (Å²) in [5, 5.41) is 11.8. The zero-order valence-corrected chi connectivity index (χ0v) is 11.0. The molecule has 0 unspecified atom stereocenters. The van der Waals surface area contributed by atoms with Crippen LogP contribution in [0.25, 0.3) is 10.2 Å². The molecule has 1 heterocycles. The summed E-state index contributed by atoms with van der Waals surface area (Å²) >= 11 is 1.28. The first-order chi connectivity index (χ1) is 9.01. The second-order valence-electron chi connectivity index (χ2n) is 4.01. The van der Waals surface area contributed by atoms with Crippen LogP contribution in [0.3, 0.4) is 0 Å². The third kappa shape index (κ3) is 2.82. The summed E-state index contributed by atoms with van der Waals surface area (Å²) in [5.74, 6) is -1.46. The second-order valence-corrected chi connectivity index (χ2v) is 5.07. The van der Waals surface area contributed by atoms with E-state index in [-0.39, 0.29) is 0 Å². The highest BCUT2D eigenvalue weighted by molar-refractivity contribution is 7.22. The van der Waals surface area contributed by atoms with Crippen LogP contribution in [0.4, 0.5) is 5.13 Å². The number of thiazole rings is 1. The van der Waals surface area contributed by atoms with Gasteiger partial charge in [0.2, 0.25) is 0 Å². The van der Waals surface area contributed by atoms with Gasteiger partial charge in [-0.2, -0.15) is 0 Å². The number of nitrogens with two attached hydrogens (primary N) is 1. The largest absolute Gasteiger partial charge is 0.480 e. The van der Waals surface area contributed by atoms with Crippen LogP contribution in [0.15, 0.2) is 18.2 Å². The summed E-state index contributed by atoms with van der Waals surface area (Å²) < 4.78 is 0.800. The van der Waals surface area contributed by atoms with Crippen LogP contribution in [0.2, 0.25) is 0 Å². The summed E-state index contributed by atoms with van der Waals surface area (Å²) in [5.41, 5.74) is 6.71. The fourth-order valence-electron chi connectivity index (χ4n) is 1.66. The number of hydrogen-bond donors (Lipinski definition) is 3. The monoisotopic (exact) mass is 279 g/mol. The normalized spacial score (nSPS) is 12.3. The van der Waals surface area contributed by atoms with Crippen molar-refractivity contribution in [1.29, 1.82) is 0 Å². The van der Waals surface area contributed by atoms with Crippen LogP contribution >= 0.6 is 11.3 Å². The average molecular weight is 279 g/mol. The minimum Gasteiger partial charge on any atom is -0.480 e. The first kappa shape index (κ1) is 13.3. The lowest BCUT2D eigenvalue weighted by atomic mass is 10.1. The van der Waals surface area contributed by atoms with Gasteiger partial charge in [0.05, 0.1) is 10.2 Å². The van der Waals surface area contributed by atoms with E-state index in [0.29, 0.717) is 17.1 Å². The molecule has 2 rings (SSSR count). The Bertz CT molecular complexity index is 638. The van der Waals surface area contributed by atoms with Crippen molar-refractivity contribution in [3.63, 3.8) is 0 Å². The summed E-state index contributed by atoms with van der Waals surface area (Å²) in [4.78, 5) is 26.9. The van der Waals surface area contributed by atoms with Gasteiger partial charge in [0, 0.05) is 5.56 Å². The van der Waals surface area contributed by atoms with Gasteiger partial charge in [-0.3, -0.25) is 4.79 Å². The van der Waals surface area contributed by atoms with Crippen LogP contribution in [-0.2, 0) is 4.79 Å². The molecule has 0 bridgehead atoms. The lowest BCUT2D eigenvalue weighted by molar-refractivity contribution is -0.139. The lowest BCUT2D eigenvalue weighted by Crippen LogP contribution is -2.40. The number of carboxylic acids is 1. The molecule has 0 aliphatic rings. The number of nitrogen functional groups attached to an aromatic ring is 1. The molecule has 0 radical (unpaired) electrons. The second kappa shape index (κ2) is 5.23. The van der Waals surface area contributed by atoms with E-state index < -0.39 is 17.9 Å². The number of fused-ring (bicyclic) bond motifs is 1. The molecule has 0 fully saturated rings. The molecule has 0 aliphatic heterocycles. The highest BCUT2D eigenvalue weighted by atomic mass is 32.1. The molecule has 6 nitrogen and oxygen atoms in total. The zero-order valence-electron chi connectivity index (χ0n) is 10.2. The molecule has 1 atom stereocenters. The predicted molar refractivity (Wildman–Crippen MR) is 73.2 cm³/mol. The van der Waals surface area contributed by atoms with Gasteiger partial charge in [-0.25, -0.2) is 9.78 Å². The molecule has 0 spiro atoms. The van der Waals surface area contributed by atoms with Gasteiger partial charge in [0.1, 0.15) is 6.04 Å². The average Bonchev–Trinajstić information content (AvgIpc) is 2.74. The van der Waals surface area contributed by atoms with Gasteiger partial charge in [-0.05, 0) is 24.6 Å². The van der Waals surface area contributed by atoms with E-state index in [9.17, 15) is 9.59 Å². The highest BCUT2D eigenvalue weighted by Gasteiger charge is 2.18. The highest BCUT2D eigenvalue weighted by Crippen LogP contribution is 2.24. The summed E-state index contributed by atoms with van der Waals surface area (Å²) in [6.07, 6.45) is 0.330. The van der Waals surface area contributed by atoms with Gasteiger partial charge >= 0.3 is 5.97 Å². The molecule has 1 amide bonds. The number of carbonyl (C=O) groups excluding carboxylic acids is 1. The predicted octanol–water partition coefficient (Wildman–Crippen LogP) is 1.47. The molecule has 7 heteroatoms. The Kier molecular flexibility index (Phi) is 3.66. The van der Waals surface area contributed by atoms with E-state index in [1.807, 2.05) is 0 Å². The SMILES string of the molecule is CC[C@@H](NC(=O)c1ccc2nc(N)sc2c1)C(=O)O. The van der Waals surface area contributed by atoms with Crippen molar-refractivity contribution in [3.05, 3.63) is 23.8 Å². The van der Waals surface area contributed by atoms with E-state index in [1.54, 1.807) is 25.1 Å². The van der Waals surface area contributed by atoms with Crippen LogP contribution in [0.1, 0.15) is 23.7 Å². The Morgan fingerprint density at radius 1 is 1.53 bits per heavy atom. The minimum atomic E-state index is -1.04. The van der Waals surface area contributed by atoms with Gasteiger partial charge in [-0.15, -0.1) is 0 Å². The lowest BCUT2D eigenvalue weighted by Gasteiger charge is -2.11. The number of carboxylic acid groups (broad SMARTS) is 1. The van der Waals surface area contributed by atoms with Crippen molar-refractivity contribution in [2.75, 3.05) is 5.73 Å². The summed E-state index contributed by atoms with van der Waals surface area (Å²) in [6, 6.07) is 4.08. The maximum Gasteiger partial charge on any atom is 0.326 e. The van der Waals surface area contributed by atoms with Gasteiger partial charge in [0.15, 0.2) is 5.13 Å². The first-order valence-corrected chi connectivity index (χ1v) is 6.52. The number of nitrogens with zero attached hydrogens (tertiary/aromatic N) is 1. The molecule has 1 aromatic carbocycles. The maximum atomic E-state index is 11.9. The van der Waals surface area contributed by atoms with Gasteiger partial charge in [-0.1, -0.05) is 18.3 Å². The van der Waals surface area contributed by atoms with Crippen LogP contribution in [0.5, 0.6) is 0 Å². The zero-order chi connectivity index (χ0) is 14.0. The molecule has 1 aromatic heterocycles. The Balaban J connectivity index is 2.23. The molecule has 19 heavy (non-hydrogen) atoms. The fourth-order valence-corrected chi connectivity index (χ4v) is 2.44. The smallest absolute Gasteiger partial charge is 0.326 e. The number of anilines is 1. The van der Waals surface area contributed by atoms with Crippen molar-refractivity contribution >= 4 is 38.6 Å². The Labute approximate surface area is 113 Å². The number of hydrogen-bond acceptors (Lipinski definition) is 5. The fraction of sp³-hybridized carbons (Fsp3) is 0.250. The van der Waals surface area contributed by atoms with E-state index >= 15 is 0 Å². The van der Waals surface area contributed by atoms with E-state index in [4.69, 9.17) is 10.8 Å². The Morgan fingerprint density at radius 2 is 2.26 bits per heavy atom. The van der Waals surface area contributed by atoms with Crippen molar-refractivity contribution in [3.8, 4) is 0 Å². The first-order valence-electron chi connectivity index (χ1n) is 5.71. The number of rotatable bonds is 4. The van der Waals surface area contributed by atoms with E-state index in [0.717, 1.165) is 10.2 Å². The number of aromatic nitrogens is 1. The third-order valence-electron chi connectivity index (χ3n) is 2.68. The topological polar surface area (TPSA) is 105 Å². The van der Waals surface area contributed by atoms with Gasteiger partial charge in [0.25, 0.3) is 5.91 Å². The molecular weight excluding hydrogens is 266 g/mol. The molecule has 0 saturated heterocycles. The molecule has 0 saturated carbocycles. The van der Waals surface area contributed by atoms with Crippen molar-refractivity contribution in [1.82, 2.24) is 10.3 Å². The third-order valence-corrected chi connectivity index (χ3v) is 3.53. The number of amides is 1. The molecule has 2 aromatic rings. The molecular formula is C12H13N3O3S. The van der Waals surface area contributed by atoms with E-state index in [2.05, 4.69) is 10.3 Å².